The van der Waals surface area contributed by atoms with Gasteiger partial charge in [0.25, 0.3) is 0 Å². The summed E-state index contributed by atoms with van der Waals surface area (Å²) in [6.45, 7) is 1.89. The van der Waals surface area contributed by atoms with E-state index in [1.165, 1.54) is 0 Å². The molecule has 1 fully saturated rings. The average Bonchev–Trinajstić information content (AvgIpc) is 3.22. The van der Waals surface area contributed by atoms with Gasteiger partial charge in [0.15, 0.2) is 0 Å². The first-order valence-electron chi connectivity index (χ1n) is 6.73. The lowest BCUT2D eigenvalue weighted by atomic mass is 10.1. The van der Waals surface area contributed by atoms with Crippen LogP contribution in [0.15, 0.2) is 36.7 Å². The van der Waals surface area contributed by atoms with Crippen molar-refractivity contribution in [3.05, 3.63) is 42.2 Å². The molecule has 22 heavy (non-hydrogen) atoms. The van der Waals surface area contributed by atoms with Crippen molar-refractivity contribution in [2.45, 2.75) is 25.3 Å². The minimum atomic E-state index is -0.681. The maximum absolute atomic E-state index is 11.9. The van der Waals surface area contributed by atoms with Gasteiger partial charge in [-0.2, -0.15) is 0 Å². The first-order chi connectivity index (χ1) is 10.1. The molecule has 1 aromatic heterocycles. The molecule has 116 valence electrons. The van der Waals surface area contributed by atoms with Crippen LogP contribution in [-0.4, -0.2) is 21.4 Å². The molecule has 1 aromatic carbocycles. The third-order valence-corrected chi connectivity index (χ3v) is 3.44. The molecule has 0 aliphatic heterocycles. The largest absolute Gasteiger partial charge is 0.424 e. The Bertz CT molecular complexity index is 674. The average molecular weight is 321 g/mol. The van der Waals surface area contributed by atoms with Crippen LogP contribution in [0.4, 0.5) is 5.69 Å². The molecule has 0 saturated heterocycles. The number of nitrogens with two attached hydrogens (primary N) is 1. The van der Waals surface area contributed by atoms with Crippen molar-refractivity contribution in [3.8, 4) is 11.8 Å². The molecular weight excluding hydrogens is 304 g/mol. The van der Waals surface area contributed by atoms with Gasteiger partial charge < -0.3 is 15.8 Å². The predicted octanol–water partition coefficient (Wildman–Crippen LogP) is 2.43. The van der Waals surface area contributed by atoms with Gasteiger partial charge in [-0.15, -0.1) is 12.4 Å². The number of ether oxygens (including phenoxy) is 1. The topological polar surface area (TPSA) is 90.1 Å². The van der Waals surface area contributed by atoms with Crippen molar-refractivity contribution < 1.29 is 9.53 Å². The fourth-order valence-corrected chi connectivity index (χ4v) is 1.89. The molecule has 1 aliphatic rings. The van der Waals surface area contributed by atoms with E-state index < -0.39 is 5.54 Å². The molecule has 7 heteroatoms. The summed E-state index contributed by atoms with van der Waals surface area (Å²) in [5, 5.41) is 2.85. The van der Waals surface area contributed by atoms with E-state index in [1.807, 2.05) is 13.0 Å². The predicted molar refractivity (Wildman–Crippen MR) is 85.3 cm³/mol. The smallest absolute Gasteiger partial charge is 0.321 e. The second-order valence-corrected chi connectivity index (χ2v) is 5.22. The second kappa shape index (κ2) is 6.29. The third kappa shape index (κ3) is 3.52. The summed E-state index contributed by atoms with van der Waals surface area (Å²) in [5.41, 5.74) is 6.81. The number of anilines is 1. The molecule has 1 aliphatic carbocycles. The van der Waals surface area contributed by atoms with Crippen LogP contribution in [0.1, 0.15) is 18.4 Å². The first-order valence-corrected chi connectivity index (χ1v) is 6.73. The number of carbonyl (C=O) groups is 1. The van der Waals surface area contributed by atoms with Crippen molar-refractivity contribution in [2.24, 2.45) is 5.73 Å². The summed E-state index contributed by atoms with van der Waals surface area (Å²) >= 11 is 0. The lowest BCUT2D eigenvalue weighted by molar-refractivity contribution is -0.118. The molecule has 1 heterocycles. The molecule has 2 aromatic rings. The molecule has 3 rings (SSSR count). The van der Waals surface area contributed by atoms with Crippen LogP contribution in [0.25, 0.3) is 0 Å². The minimum absolute atomic E-state index is 0. The molecule has 1 amide bonds. The minimum Gasteiger partial charge on any atom is -0.424 e. The van der Waals surface area contributed by atoms with E-state index in [2.05, 4.69) is 15.3 Å². The van der Waals surface area contributed by atoms with Gasteiger partial charge in [-0.05, 0) is 49.6 Å². The number of nitrogens with zero attached hydrogens (tertiary/aromatic N) is 2. The van der Waals surface area contributed by atoms with Crippen molar-refractivity contribution in [1.29, 1.82) is 0 Å². The van der Waals surface area contributed by atoms with E-state index >= 15 is 0 Å². The van der Waals surface area contributed by atoms with Gasteiger partial charge in [0, 0.05) is 18.1 Å². The molecule has 6 nitrogen and oxygen atoms in total. The molecule has 3 N–H and O–H groups in total. The van der Waals surface area contributed by atoms with Crippen molar-refractivity contribution in [1.82, 2.24) is 9.97 Å². The SMILES string of the molecule is Cc1cc(Oc2ncccn2)ccc1NC(=O)C1(N)CC1.Cl. The van der Waals surface area contributed by atoms with Crippen molar-refractivity contribution >= 4 is 24.0 Å². The summed E-state index contributed by atoms with van der Waals surface area (Å²) in [6, 6.07) is 7.37. The Hall–Kier alpha value is -2.18. The molecule has 0 bridgehead atoms. The van der Waals surface area contributed by atoms with Gasteiger partial charge in [-0.1, -0.05) is 0 Å². The Morgan fingerprint density at radius 1 is 1.32 bits per heavy atom. The quantitative estimate of drug-likeness (QED) is 0.903. The molecular formula is C15H17ClN4O2. The lowest BCUT2D eigenvalue weighted by Crippen LogP contribution is -2.37. The molecule has 0 unspecified atom stereocenters. The Kier molecular flexibility index (Phi) is 4.63. The van der Waals surface area contributed by atoms with E-state index in [4.69, 9.17) is 10.5 Å². The summed E-state index contributed by atoms with van der Waals surface area (Å²) in [7, 11) is 0. The zero-order valence-electron chi connectivity index (χ0n) is 12.1. The van der Waals surface area contributed by atoms with E-state index in [9.17, 15) is 4.79 Å². The first kappa shape index (κ1) is 16.2. The Balaban J connectivity index is 0.00000176. The molecule has 1 saturated carbocycles. The second-order valence-electron chi connectivity index (χ2n) is 5.22. The maximum atomic E-state index is 11.9. The zero-order chi connectivity index (χ0) is 14.9. The maximum Gasteiger partial charge on any atom is 0.321 e. The van der Waals surface area contributed by atoms with E-state index in [0.717, 1.165) is 24.1 Å². The Labute approximate surface area is 134 Å². The highest BCUT2D eigenvalue weighted by Crippen LogP contribution is 2.34. The normalized spacial score (nSPS) is 14.6. The Morgan fingerprint density at radius 2 is 2.00 bits per heavy atom. The highest BCUT2D eigenvalue weighted by Gasteiger charge is 2.46. The van der Waals surface area contributed by atoms with Gasteiger partial charge in [0.05, 0.1) is 5.54 Å². The standard InChI is InChI=1S/C15H16N4O2.ClH/c1-10-9-11(21-14-17-7-2-8-18-14)3-4-12(10)19-13(20)15(16)5-6-15;/h2-4,7-9H,5-6,16H2,1H3,(H,19,20);1H. The monoisotopic (exact) mass is 320 g/mol. The fraction of sp³-hybridized carbons (Fsp3) is 0.267. The number of nitrogens with one attached hydrogen (secondary N) is 1. The summed E-state index contributed by atoms with van der Waals surface area (Å²) in [5.74, 6) is 0.483. The van der Waals surface area contributed by atoms with Gasteiger partial charge in [0.2, 0.25) is 5.91 Å². The van der Waals surface area contributed by atoms with Crippen LogP contribution < -0.4 is 15.8 Å². The van der Waals surface area contributed by atoms with Gasteiger partial charge >= 0.3 is 6.01 Å². The number of aryl methyl sites for hydroxylation is 1. The van der Waals surface area contributed by atoms with Crippen LogP contribution in [-0.2, 0) is 4.79 Å². The van der Waals surface area contributed by atoms with Crippen LogP contribution in [0, 0.1) is 6.92 Å². The Morgan fingerprint density at radius 3 is 2.59 bits per heavy atom. The van der Waals surface area contributed by atoms with Crippen LogP contribution in [0.5, 0.6) is 11.8 Å². The van der Waals surface area contributed by atoms with E-state index in [1.54, 1.807) is 30.6 Å². The molecule has 0 radical (unpaired) electrons. The van der Waals surface area contributed by atoms with Crippen LogP contribution >= 0.6 is 12.4 Å². The number of carbonyl (C=O) groups excluding carboxylic acids is 1. The van der Waals surface area contributed by atoms with Crippen LogP contribution in [0.2, 0.25) is 0 Å². The van der Waals surface area contributed by atoms with E-state index in [-0.39, 0.29) is 24.3 Å². The zero-order valence-corrected chi connectivity index (χ0v) is 12.9. The fourth-order valence-electron chi connectivity index (χ4n) is 1.89. The van der Waals surface area contributed by atoms with Gasteiger partial charge in [-0.25, -0.2) is 9.97 Å². The van der Waals surface area contributed by atoms with Crippen molar-refractivity contribution in [2.75, 3.05) is 5.32 Å². The van der Waals surface area contributed by atoms with Gasteiger partial charge in [0.1, 0.15) is 5.75 Å². The number of benzene rings is 1. The summed E-state index contributed by atoms with van der Waals surface area (Å²) in [6.07, 6.45) is 4.70. The van der Waals surface area contributed by atoms with Gasteiger partial charge in [-0.3, -0.25) is 4.79 Å². The lowest BCUT2D eigenvalue weighted by Gasteiger charge is -2.13. The number of hydrogen-bond donors (Lipinski definition) is 2. The third-order valence-electron chi connectivity index (χ3n) is 3.44. The number of amides is 1. The number of halogens is 1. The summed E-state index contributed by atoms with van der Waals surface area (Å²) < 4.78 is 5.54. The number of rotatable bonds is 4. The highest BCUT2D eigenvalue weighted by molar-refractivity contribution is 6.00. The van der Waals surface area contributed by atoms with Crippen molar-refractivity contribution in [3.63, 3.8) is 0 Å². The highest BCUT2D eigenvalue weighted by atomic mass is 35.5. The molecule has 0 spiro atoms. The molecule has 0 atom stereocenters. The number of hydrogen-bond acceptors (Lipinski definition) is 5. The van der Waals surface area contributed by atoms with Crippen LogP contribution in [0.3, 0.4) is 0 Å². The number of aromatic nitrogens is 2. The van der Waals surface area contributed by atoms with E-state index in [0.29, 0.717) is 5.75 Å². The summed E-state index contributed by atoms with van der Waals surface area (Å²) in [4.78, 5) is 19.9.